The number of anilines is 3. The fourth-order valence-corrected chi connectivity index (χ4v) is 5.10. The quantitative estimate of drug-likeness (QED) is 0.0899. The first-order valence-electron chi connectivity index (χ1n) is 15.1. The topological polar surface area (TPSA) is 227 Å². The molecule has 0 fully saturated rings. The maximum absolute atomic E-state index is 12.9. The summed E-state index contributed by atoms with van der Waals surface area (Å²) in [6.45, 7) is 0. The van der Waals surface area contributed by atoms with Crippen LogP contribution < -0.4 is 17.2 Å². The van der Waals surface area contributed by atoms with Gasteiger partial charge in [-0.05, 0) is 24.3 Å². The van der Waals surface area contributed by atoms with Crippen molar-refractivity contribution in [2.45, 2.75) is 24.6 Å². The van der Waals surface area contributed by atoms with Gasteiger partial charge in [0.15, 0.2) is 23.8 Å². The summed E-state index contributed by atoms with van der Waals surface area (Å²) in [6.07, 6.45) is -2.24. The number of halogens is 6. The van der Waals surface area contributed by atoms with Crippen LogP contribution in [-0.2, 0) is 9.47 Å². The zero-order valence-corrected chi connectivity index (χ0v) is 27.9. The van der Waals surface area contributed by atoms with Crippen LogP contribution in [0, 0.1) is 10.1 Å². The number of methoxy groups -OCH3 is 2. The fraction of sp³-hybridized carbons (Fsp3) is 0.188. The van der Waals surface area contributed by atoms with E-state index in [1.807, 2.05) is 0 Å². The standard InChI is InChI=1S/C16H13F3N6O3.C16H15F3N6O/c1-28-14(16(17,18)19)9-2-3-12(22-6-9)24-8-10(7-23-24)11-4-5-21-15(20)13(11)25(26)27;1-26-14(16(17,18)19)9-2-3-12(23-6-9)25-8-10(7-24-25)11-4-5-22-15(21)13(11)20/h2-8,14H,1H3,(H2,20,21);2-8,14H,20H2,1H3,(H2,21,22). The first-order chi connectivity index (χ1) is 25.5. The van der Waals surface area contributed by atoms with Gasteiger partial charge in [0.1, 0.15) is 5.82 Å². The number of ether oxygens (including phenoxy) is 2. The number of hydrogen-bond acceptors (Lipinski definition) is 13. The molecule has 22 heteroatoms. The molecule has 54 heavy (non-hydrogen) atoms. The lowest BCUT2D eigenvalue weighted by Crippen LogP contribution is -2.22. The Morgan fingerprint density at radius 2 is 1.11 bits per heavy atom. The SMILES string of the molecule is COC(c1ccc(-n2cc(-c3ccnc(N)c3N)cn2)nc1)C(F)(F)F.COC(c1ccc(-n2cc(-c3ccnc(N)c3[N+](=O)[O-])cn2)nc1)C(F)(F)F. The molecule has 0 bridgehead atoms. The van der Waals surface area contributed by atoms with E-state index in [2.05, 4.69) is 39.6 Å². The predicted octanol–water partition coefficient (Wildman–Crippen LogP) is 5.81. The Hall–Kier alpha value is -6.68. The lowest BCUT2D eigenvalue weighted by Gasteiger charge is -2.18. The first-order valence-corrected chi connectivity index (χ1v) is 15.1. The molecule has 0 radical (unpaired) electrons. The van der Waals surface area contributed by atoms with E-state index in [0.717, 1.165) is 26.6 Å². The third-order valence-corrected chi connectivity index (χ3v) is 7.63. The highest BCUT2D eigenvalue weighted by Gasteiger charge is 2.42. The summed E-state index contributed by atoms with van der Waals surface area (Å²) in [5.74, 6) is 0.528. The number of nitrogen functional groups attached to an aromatic ring is 3. The number of rotatable bonds is 9. The molecule has 2 unspecified atom stereocenters. The fourth-order valence-electron chi connectivity index (χ4n) is 5.10. The number of nitrogens with two attached hydrogens (primary N) is 3. The van der Waals surface area contributed by atoms with Crippen LogP contribution >= 0.6 is 0 Å². The van der Waals surface area contributed by atoms with Crippen molar-refractivity contribution in [3.05, 3.63) is 107 Å². The molecule has 6 aromatic rings. The molecule has 6 heterocycles. The Kier molecular flexibility index (Phi) is 11.1. The van der Waals surface area contributed by atoms with E-state index in [-0.39, 0.29) is 39.8 Å². The van der Waals surface area contributed by atoms with Gasteiger partial charge in [-0.15, -0.1) is 0 Å². The van der Waals surface area contributed by atoms with E-state index in [9.17, 15) is 36.5 Å². The summed E-state index contributed by atoms with van der Waals surface area (Å²) in [4.78, 5) is 26.2. The van der Waals surface area contributed by atoms with Crippen molar-refractivity contribution in [1.29, 1.82) is 0 Å². The molecule has 0 amide bonds. The molecular weight excluding hydrogens is 730 g/mol. The van der Waals surface area contributed by atoms with Gasteiger partial charge in [-0.1, -0.05) is 12.1 Å². The van der Waals surface area contributed by atoms with Gasteiger partial charge in [-0.2, -0.15) is 36.5 Å². The summed E-state index contributed by atoms with van der Waals surface area (Å²) in [7, 11) is 1.95. The summed E-state index contributed by atoms with van der Waals surface area (Å²) < 4.78 is 89.1. The summed E-state index contributed by atoms with van der Waals surface area (Å²) in [5.41, 5.74) is 18.8. The third kappa shape index (κ3) is 8.34. The molecule has 282 valence electrons. The number of pyridine rings is 4. The Bertz CT molecular complexity index is 2230. The van der Waals surface area contributed by atoms with Crippen molar-refractivity contribution in [3.8, 4) is 33.9 Å². The minimum Gasteiger partial charge on any atom is -0.395 e. The highest BCUT2D eigenvalue weighted by molar-refractivity contribution is 5.82. The number of aromatic nitrogens is 8. The van der Waals surface area contributed by atoms with Gasteiger partial charge in [-0.25, -0.2) is 29.3 Å². The molecule has 0 spiro atoms. The minimum absolute atomic E-state index is 0.0951. The Morgan fingerprint density at radius 3 is 1.52 bits per heavy atom. The van der Waals surface area contributed by atoms with E-state index in [1.165, 1.54) is 64.5 Å². The molecule has 0 saturated carbocycles. The molecule has 0 aromatic carbocycles. The minimum atomic E-state index is -4.57. The van der Waals surface area contributed by atoms with Gasteiger partial charge < -0.3 is 26.7 Å². The van der Waals surface area contributed by atoms with Crippen molar-refractivity contribution in [2.24, 2.45) is 0 Å². The molecule has 0 aliphatic heterocycles. The van der Waals surface area contributed by atoms with Crippen LogP contribution in [0.15, 0.2) is 86.0 Å². The summed E-state index contributed by atoms with van der Waals surface area (Å²) >= 11 is 0. The lowest BCUT2D eigenvalue weighted by molar-refractivity contribution is -0.383. The molecule has 6 N–H and O–H groups in total. The van der Waals surface area contributed by atoms with Crippen LogP contribution in [0.25, 0.3) is 33.9 Å². The molecule has 16 nitrogen and oxygen atoms in total. The van der Waals surface area contributed by atoms with Crippen molar-refractivity contribution >= 4 is 23.0 Å². The summed E-state index contributed by atoms with van der Waals surface area (Å²) in [5, 5.41) is 19.5. The smallest absolute Gasteiger partial charge is 0.395 e. The van der Waals surface area contributed by atoms with Crippen LogP contribution in [-0.4, -0.2) is 71.0 Å². The van der Waals surface area contributed by atoms with Gasteiger partial charge in [-0.3, -0.25) is 10.1 Å². The Balaban J connectivity index is 0.000000208. The maximum atomic E-state index is 12.9. The summed E-state index contributed by atoms with van der Waals surface area (Å²) in [6, 6.07) is 8.38. The molecule has 0 saturated heterocycles. The zero-order chi connectivity index (χ0) is 39.4. The predicted molar refractivity (Wildman–Crippen MR) is 181 cm³/mol. The van der Waals surface area contributed by atoms with Gasteiger partial charge in [0, 0.05) is 79.2 Å². The van der Waals surface area contributed by atoms with E-state index in [1.54, 1.807) is 18.5 Å². The Morgan fingerprint density at radius 1 is 0.667 bits per heavy atom. The third-order valence-electron chi connectivity index (χ3n) is 7.63. The molecule has 0 aliphatic rings. The second-order valence-corrected chi connectivity index (χ2v) is 11.1. The van der Waals surface area contributed by atoms with Gasteiger partial charge >= 0.3 is 18.0 Å². The largest absolute Gasteiger partial charge is 0.418 e. The molecule has 6 rings (SSSR count). The van der Waals surface area contributed by atoms with Gasteiger partial charge in [0.05, 0.1) is 28.6 Å². The van der Waals surface area contributed by atoms with E-state index in [0.29, 0.717) is 28.2 Å². The highest BCUT2D eigenvalue weighted by atomic mass is 19.4. The van der Waals surface area contributed by atoms with Crippen LogP contribution in [0.4, 0.5) is 49.4 Å². The zero-order valence-electron chi connectivity index (χ0n) is 27.9. The van der Waals surface area contributed by atoms with Crippen LogP contribution in [0.5, 0.6) is 0 Å². The molecule has 0 aliphatic carbocycles. The van der Waals surface area contributed by atoms with E-state index < -0.39 is 29.5 Å². The van der Waals surface area contributed by atoms with Crippen LogP contribution in [0.1, 0.15) is 23.3 Å². The molecule has 2 atom stereocenters. The molecule has 6 aromatic heterocycles. The lowest BCUT2D eigenvalue weighted by atomic mass is 10.1. The number of hydrogen-bond donors (Lipinski definition) is 3. The van der Waals surface area contributed by atoms with Crippen LogP contribution in [0.2, 0.25) is 0 Å². The van der Waals surface area contributed by atoms with Gasteiger partial charge in [0.25, 0.3) is 0 Å². The van der Waals surface area contributed by atoms with Crippen molar-refractivity contribution < 1.29 is 40.7 Å². The van der Waals surface area contributed by atoms with Crippen LogP contribution in [0.3, 0.4) is 0 Å². The second kappa shape index (κ2) is 15.5. The second-order valence-electron chi connectivity index (χ2n) is 11.1. The van der Waals surface area contributed by atoms with Crippen molar-refractivity contribution in [3.63, 3.8) is 0 Å². The van der Waals surface area contributed by atoms with E-state index >= 15 is 0 Å². The Labute approximate surface area is 300 Å². The van der Waals surface area contributed by atoms with Gasteiger partial charge in [0.2, 0.25) is 5.82 Å². The van der Waals surface area contributed by atoms with Crippen molar-refractivity contribution in [1.82, 2.24) is 39.5 Å². The average molecular weight is 759 g/mol. The van der Waals surface area contributed by atoms with E-state index in [4.69, 9.17) is 17.2 Å². The maximum Gasteiger partial charge on any atom is 0.418 e. The van der Waals surface area contributed by atoms with Crippen molar-refractivity contribution in [2.75, 3.05) is 31.4 Å². The monoisotopic (exact) mass is 758 g/mol. The highest BCUT2D eigenvalue weighted by Crippen LogP contribution is 2.37. The molecular formula is C32H28F6N12O4. The first kappa shape index (κ1) is 38.5. The average Bonchev–Trinajstić information content (AvgIpc) is 3.81. The number of nitrogens with zero attached hydrogens (tertiary/aromatic N) is 9. The number of nitro groups is 1. The number of alkyl halides is 6. The normalized spacial score (nSPS) is 12.8.